The van der Waals surface area contributed by atoms with E-state index in [2.05, 4.69) is 48.4 Å². The average molecular weight is 287 g/mol. The molecule has 0 unspecified atom stereocenters. The molecule has 0 saturated carbocycles. The summed E-state index contributed by atoms with van der Waals surface area (Å²) in [6, 6.07) is 10.2. The Bertz CT molecular complexity index is 548. The maximum atomic E-state index is 5.92. The Labute approximate surface area is 126 Å². The first-order valence-corrected chi connectivity index (χ1v) is 7.68. The van der Waals surface area contributed by atoms with E-state index in [4.69, 9.17) is 4.74 Å². The van der Waals surface area contributed by atoms with E-state index in [1.807, 2.05) is 18.2 Å². The number of para-hydroxylation sites is 1. The summed E-state index contributed by atoms with van der Waals surface area (Å²) in [6.45, 7) is 8.99. The fourth-order valence-electron chi connectivity index (χ4n) is 2.06. The van der Waals surface area contributed by atoms with Crippen LogP contribution >= 0.6 is 0 Å². The number of aromatic nitrogens is 2. The molecule has 1 heterocycles. The Kier molecular flexibility index (Phi) is 5.81. The first kappa shape index (κ1) is 15.6. The SMILES string of the molecule is CCNCc1cc(-c2ccccc2OCCC(C)C)n[nH]1. The number of aromatic amines is 1. The molecule has 0 aliphatic carbocycles. The third-order valence-corrected chi connectivity index (χ3v) is 3.31. The maximum absolute atomic E-state index is 5.92. The highest BCUT2D eigenvalue weighted by molar-refractivity contribution is 5.67. The van der Waals surface area contributed by atoms with Crippen LogP contribution in [0.1, 0.15) is 32.9 Å². The van der Waals surface area contributed by atoms with Gasteiger partial charge in [-0.1, -0.05) is 32.9 Å². The van der Waals surface area contributed by atoms with Crippen molar-refractivity contribution >= 4 is 0 Å². The fourth-order valence-corrected chi connectivity index (χ4v) is 2.06. The van der Waals surface area contributed by atoms with E-state index in [9.17, 15) is 0 Å². The summed E-state index contributed by atoms with van der Waals surface area (Å²) in [6.07, 6.45) is 1.06. The van der Waals surface area contributed by atoms with Crippen LogP contribution in [0.5, 0.6) is 5.75 Å². The number of rotatable bonds is 8. The van der Waals surface area contributed by atoms with Gasteiger partial charge in [-0.05, 0) is 37.1 Å². The highest BCUT2D eigenvalue weighted by atomic mass is 16.5. The lowest BCUT2D eigenvalue weighted by molar-refractivity contribution is 0.290. The highest BCUT2D eigenvalue weighted by Crippen LogP contribution is 2.29. The molecule has 0 radical (unpaired) electrons. The molecule has 0 atom stereocenters. The van der Waals surface area contributed by atoms with E-state index < -0.39 is 0 Å². The molecule has 0 spiro atoms. The standard InChI is InChI=1S/C17H25N3O/c1-4-18-12-14-11-16(20-19-14)15-7-5-6-8-17(15)21-10-9-13(2)3/h5-8,11,13,18H,4,9-10,12H2,1-3H3,(H,19,20). The van der Waals surface area contributed by atoms with Crippen LogP contribution in [0.15, 0.2) is 30.3 Å². The lowest BCUT2D eigenvalue weighted by atomic mass is 10.1. The number of hydrogen-bond donors (Lipinski definition) is 2. The Morgan fingerprint density at radius 2 is 2.10 bits per heavy atom. The summed E-state index contributed by atoms with van der Waals surface area (Å²) in [5.74, 6) is 1.55. The highest BCUT2D eigenvalue weighted by Gasteiger charge is 2.09. The number of nitrogens with zero attached hydrogens (tertiary/aromatic N) is 1. The van der Waals surface area contributed by atoms with E-state index >= 15 is 0 Å². The normalized spacial score (nSPS) is 11.0. The molecular weight excluding hydrogens is 262 g/mol. The van der Waals surface area contributed by atoms with Gasteiger partial charge in [-0.3, -0.25) is 5.10 Å². The Hall–Kier alpha value is -1.81. The van der Waals surface area contributed by atoms with E-state index in [1.54, 1.807) is 0 Å². The molecule has 4 nitrogen and oxygen atoms in total. The first-order chi connectivity index (χ1) is 10.2. The summed E-state index contributed by atoms with van der Waals surface area (Å²) < 4.78 is 5.92. The van der Waals surface area contributed by atoms with Gasteiger partial charge in [-0.2, -0.15) is 5.10 Å². The summed E-state index contributed by atoms with van der Waals surface area (Å²) in [4.78, 5) is 0. The molecule has 0 aliphatic heterocycles. The molecule has 0 aliphatic rings. The topological polar surface area (TPSA) is 49.9 Å². The first-order valence-electron chi connectivity index (χ1n) is 7.68. The van der Waals surface area contributed by atoms with E-state index in [0.717, 1.165) is 48.8 Å². The van der Waals surface area contributed by atoms with E-state index in [0.29, 0.717) is 5.92 Å². The van der Waals surface area contributed by atoms with Gasteiger partial charge in [0.2, 0.25) is 0 Å². The smallest absolute Gasteiger partial charge is 0.128 e. The van der Waals surface area contributed by atoms with Gasteiger partial charge in [0, 0.05) is 17.8 Å². The number of benzene rings is 1. The number of nitrogens with one attached hydrogen (secondary N) is 2. The van der Waals surface area contributed by atoms with Gasteiger partial charge in [0.1, 0.15) is 5.75 Å². The summed E-state index contributed by atoms with van der Waals surface area (Å²) >= 11 is 0. The van der Waals surface area contributed by atoms with E-state index in [-0.39, 0.29) is 0 Å². The average Bonchev–Trinajstić information content (AvgIpc) is 2.94. The van der Waals surface area contributed by atoms with Gasteiger partial charge in [0.25, 0.3) is 0 Å². The van der Waals surface area contributed by atoms with Crippen LogP contribution in [0.3, 0.4) is 0 Å². The van der Waals surface area contributed by atoms with Gasteiger partial charge in [-0.25, -0.2) is 0 Å². The molecule has 4 heteroatoms. The monoisotopic (exact) mass is 287 g/mol. The zero-order chi connectivity index (χ0) is 15.1. The van der Waals surface area contributed by atoms with Crippen molar-refractivity contribution in [2.24, 2.45) is 5.92 Å². The molecule has 2 rings (SSSR count). The molecule has 114 valence electrons. The fraction of sp³-hybridized carbons (Fsp3) is 0.471. The van der Waals surface area contributed by atoms with Gasteiger partial charge >= 0.3 is 0 Å². The van der Waals surface area contributed by atoms with Gasteiger partial charge in [0.05, 0.1) is 12.3 Å². The number of ether oxygens (including phenoxy) is 1. The van der Waals surface area contributed by atoms with Crippen molar-refractivity contribution in [1.82, 2.24) is 15.5 Å². The lowest BCUT2D eigenvalue weighted by Crippen LogP contribution is -2.11. The Morgan fingerprint density at radius 1 is 1.29 bits per heavy atom. The lowest BCUT2D eigenvalue weighted by Gasteiger charge is -2.11. The predicted octanol–water partition coefficient (Wildman–Crippen LogP) is 3.61. The van der Waals surface area contributed by atoms with Crippen molar-refractivity contribution in [3.63, 3.8) is 0 Å². The van der Waals surface area contributed by atoms with Crippen LogP contribution in [-0.4, -0.2) is 23.3 Å². The minimum absolute atomic E-state index is 0.647. The third-order valence-electron chi connectivity index (χ3n) is 3.31. The zero-order valence-corrected chi connectivity index (χ0v) is 13.1. The molecule has 0 bridgehead atoms. The second-order valence-corrected chi connectivity index (χ2v) is 5.59. The van der Waals surface area contributed by atoms with Crippen molar-refractivity contribution < 1.29 is 4.74 Å². The number of hydrogen-bond acceptors (Lipinski definition) is 3. The molecular formula is C17H25N3O. The minimum atomic E-state index is 0.647. The molecule has 1 aromatic heterocycles. The summed E-state index contributed by atoms with van der Waals surface area (Å²) in [5, 5.41) is 10.8. The van der Waals surface area contributed by atoms with Crippen molar-refractivity contribution in [3.05, 3.63) is 36.0 Å². The second kappa shape index (κ2) is 7.84. The van der Waals surface area contributed by atoms with Crippen LogP contribution in [-0.2, 0) is 6.54 Å². The Balaban J connectivity index is 2.09. The molecule has 21 heavy (non-hydrogen) atoms. The van der Waals surface area contributed by atoms with Crippen molar-refractivity contribution in [2.75, 3.05) is 13.2 Å². The predicted molar refractivity (Wildman–Crippen MR) is 86.4 cm³/mol. The van der Waals surface area contributed by atoms with Crippen molar-refractivity contribution in [2.45, 2.75) is 33.7 Å². The van der Waals surface area contributed by atoms with Gasteiger partial charge in [-0.15, -0.1) is 0 Å². The summed E-state index contributed by atoms with van der Waals surface area (Å²) in [5.41, 5.74) is 3.06. The second-order valence-electron chi connectivity index (χ2n) is 5.59. The number of H-pyrrole nitrogens is 1. The molecule has 0 saturated heterocycles. The van der Waals surface area contributed by atoms with Gasteiger partial charge < -0.3 is 10.1 Å². The molecule has 2 aromatic rings. The van der Waals surface area contributed by atoms with Crippen molar-refractivity contribution in [1.29, 1.82) is 0 Å². The van der Waals surface area contributed by atoms with Crippen LogP contribution in [0.4, 0.5) is 0 Å². The Morgan fingerprint density at radius 3 is 2.86 bits per heavy atom. The molecule has 2 N–H and O–H groups in total. The van der Waals surface area contributed by atoms with Crippen molar-refractivity contribution in [3.8, 4) is 17.0 Å². The van der Waals surface area contributed by atoms with E-state index in [1.165, 1.54) is 0 Å². The van der Waals surface area contributed by atoms with Crippen LogP contribution in [0.2, 0.25) is 0 Å². The quantitative estimate of drug-likeness (QED) is 0.779. The van der Waals surface area contributed by atoms with Crippen LogP contribution < -0.4 is 10.1 Å². The third kappa shape index (κ3) is 4.60. The molecule has 0 amide bonds. The van der Waals surface area contributed by atoms with Crippen LogP contribution in [0.25, 0.3) is 11.3 Å². The zero-order valence-electron chi connectivity index (χ0n) is 13.1. The molecule has 1 aromatic carbocycles. The van der Waals surface area contributed by atoms with Gasteiger partial charge in [0.15, 0.2) is 0 Å². The molecule has 0 fully saturated rings. The largest absolute Gasteiger partial charge is 0.493 e. The summed E-state index contributed by atoms with van der Waals surface area (Å²) in [7, 11) is 0. The maximum Gasteiger partial charge on any atom is 0.128 e. The van der Waals surface area contributed by atoms with Crippen LogP contribution in [0, 0.1) is 5.92 Å². The minimum Gasteiger partial charge on any atom is -0.493 e.